The van der Waals surface area contributed by atoms with Gasteiger partial charge < -0.3 is 10.2 Å². The first-order valence-corrected chi connectivity index (χ1v) is 8.34. The molecule has 3 rings (SSSR count). The van der Waals surface area contributed by atoms with E-state index in [4.69, 9.17) is 0 Å². The minimum atomic E-state index is -0.373. The number of benzene rings is 1. The first-order valence-electron chi connectivity index (χ1n) is 8.34. The second-order valence-corrected chi connectivity index (χ2v) is 7.00. The summed E-state index contributed by atoms with van der Waals surface area (Å²) < 4.78 is 0. The molecule has 124 valence electrons. The van der Waals surface area contributed by atoms with Crippen molar-refractivity contribution in [3.8, 4) is 0 Å². The van der Waals surface area contributed by atoms with Crippen molar-refractivity contribution in [1.82, 2.24) is 15.1 Å². The van der Waals surface area contributed by atoms with Gasteiger partial charge in [0.15, 0.2) is 0 Å². The maximum Gasteiger partial charge on any atom is 0.246 e. The number of rotatable bonds is 3. The highest BCUT2D eigenvalue weighted by atomic mass is 16.2. The molecule has 2 fully saturated rings. The molecular formula is C18H25N3O2. The molecule has 23 heavy (non-hydrogen) atoms. The van der Waals surface area contributed by atoms with Crippen molar-refractivity contribution in [2.24, 2.45) is 5.92 Å². The maximum atomic E-state index is 12.5. The fraction of sp³-hybridized carbons (Fsp3) is 0.556. The Balaban J connectivity index is 1.67. The molecule has 0 aromatic heterocycles. The molecule has 2 aliphatic rings. The summed E-state index contributed by atoms with van der Waals surface area (Å²) in [5.74, 6) is 0.175. The molecule has 0 saturated carbocycles. The average Bonchev–Trinajstić information content (AvgIpc) is 2.53. The number of carbonyl (C=O) groups is 2. The summed E-state index contributed by atoms with van der Waals surface area (Å²) in [6.07, 6.45) is 0. The van der Waals surface area contributed by atoms with Gasteiger partial charge in [-0.25, -0.2) is 0 Å². The van der Waals surface area contributed by atoms with Crippen LogP contribution >= 0.6 is 0 Å². The average molecular weight is 315 g/mol. The topological polar surface area (TPSA) is 52.6 Å². The van der Waals surface area contributed by atoms with Crippen LogP contribution in [0.5, 0.6) is 0 Å². The van der Waals surface area contributed by atoms with Crippen molar-refractivity contribution in [2.75, 3.05) is 19.6 Å². The van der Waals surface area contributed by atoms with Crippen LogP contribution in [0.4, 0.5) is 0 Å². The predicted octanol–water partition coefficient (Wildman–Crippen LogP) is 1.16. The standard InChI is InChI=1S/C18H25N3O2/c1-12(2)16-18(23)21-9-8-20(11-15(21)17(22)19-16)10-14-6-4-13(3)5-7-14/h4-7,12,15-16H,8-11H2,1-3H3,(H,19,22)/t15-,16+/m1/s1. The van der Waals surface area contributed by atoms with E-state index in [0.717, 1.165) is 13.1 Å². The van der Waals surface area contributed by atoms with Gasteiger partial charge in [-0.15, -0.1) is 0 Å². The van der Waals surface area contributed by atoms with Crippen molar-refractivity contribution in [3.05, 3.63) is 35.4 Å². The van der Waals surface area contributed by atoms with Gasteiger partial charge in [-0.05, 0) is 18.4 Å². The molecule has 1 aromatic carbocycles. The molecule has 1 N–H and O–H groups in total. The van der Waals surface area contributed by atoms with E-state index in [1.54, 1.807) is 4.90 Å². The van der Waals surface area contributed by atoms with E-state index in [1.807, 2.05) is 13.8 Å². The zero-order valence-electron chi connectivity index (χ0n) is 14.1. The highest BCUT2D eigenvalue weighted by molar-refractivity contribution is 5.97. The van der Waals surface area contributed by atoms with Crippen LogP contribution in [-0.2, 0) is 16.1 Å². The van der Waals surface area contributed by atoms with E-state index in [1.165, 1.54) is 11.1 Å². The SMILES string of the molecule is Cc1ccc(CN2CCN3C(=O)[C@H](C(C)C)NC(=O)[C@H]3C2)cc1. The number of fused-ring (bicyclic) bond motifs is 1. The Labute approximate surface area is 137 Å². The van der Waals surface area contributed by atoms with Gasteiger partial charge in [0.1, 0.15) is 12.1 Å². The van der Waals surface area contributed by atoms with E-state index < -0.39 is 0 Å². The first kappa shape index (κ1) is 16.0. The fourth-order valence-electron chi connectivity index (χ4n) is 3.36. The minimum absolute atomic E-state index is 0.0168. The van der Waals surface area contributed by atoms with Crippen molar-refractivity contribution in [3.63, 3.8) is 0 Å². The van der Waals surface area contributed by atoms with Crippen LogP contribution in [-0.4, -0.2) is 53.3 Å². The van der Waals surface area contributed by atoms with Crippen molar-refractivity contribution in [1.29, 1.82) is 0 Å². The monoisotopic (exact) mass is 315 g/mol. The zero-order chi connectivity index (χ0) is 16.6. The third kappa shape index (κ3) is 3.24. The highest BCUT2D eigenvalue weighted by Crippen LogP contribution is 2.20. The van der Waals surface area contributed by atoms with Crippen LogP contribution in [0.1, 0.15) is 25.0 Å². The van der Waals surface area contributed by atoms with E-state index in [-0.39, 0.29) is 29.8 Å². The molecule has 5 nitrogen and oxygen atoms in total. The molecule has 2 atom stereocenters. The molecule has 0 radical (unpaired) electrons. The third-order valence-electron chi connectivity index (χ3n) is 4.81. The maximum absolute atomic E-state index is 12.5. The van der Waals surface area contributed by atoms with Gasteiger partial charge in [-0.3, -0.25) is 14.5 Å². The second kappa shape index (κ2) is 6.32. The Hall–Kier alpha value is -1.88. The lowest BCUT2D eigenvalue weighted by Crippen LogP contribution is -2.70. The largest absolute Gasteiger partial charge is 0.342 e. The van der Waals surface area contributed by atoms with Crippen LogP contribution in [0.15, 0.2) is 24.3 Å². The summed E-state index contributed by atoms with van der Waals surface area (Å²) in [7, 11) is 0. The molecule has 0 bridgehead atoms. The summed E-state index contributed by atoms with van der Waals surface area (Å²) in [5, 5.41) is 2.90. The van der Waals surface area contributed by atoms with E-state index in [2.05, 4.69) is 41.4 Å². The fourth-order valence-corrected chi connectivity index (χ4v) is 3.36. The summed E-state index contributed by atoms with van der Waals surface area (Å²) >= 11 is 0. The van der Waals surface area contributed by atoms with E-state index >= 15 is 0 Å². The summed E-state index contributed by atoms with van der Waals surface area (Å²) in [4.78, 5) is 29.0. The Bertz CT molecular complexity index is 597. The number of amides is 2. The van der Waals surface area contributed by atoms with Gasteiger partial charge in [0, 0.05) is 26.2 Å². The van der Waals surface area contributed by atoms with Crippen LogP contribution in [0.2, 0.25) is 0 Å². The first-order chi connectivity index (χ1) is 11.0. The molecule has 1 aromatic rings. The van der Waals surface area contributed by atoms with Crippen molar-refractivity contribution < 1.29 is 9.59 Å². The van der Waals surface area contributed by atoms with E-state index in [0.29, 0.717) is 13.1 Å². The molecular weight excluding hydrogens is 290 g/mol. The zero-order valence-corrected chi connectivity index (χ0v) is 14.1. The summed E-state index contributed by atoms with van der Waals surface area (Å²) in [6, 6.07) is 7.75. The predicted molar refractivity (Wildman–Crippen MR) is 88.7 cm³/mol. The number of carbonyl (C=O) groups excluding carboxylic acids is 2. The number of piperazine rings is 2. The Morgan fingerprint density at radius 1 is 1.17 bits per heavy atom. The van der Waals surface area contributed by atoms with E-state index in [9.17, 15) is 9.59 Å². The minimum Gasteiger partial charge on any atom is -0.342 e. The number of hydrogen-bond acceptors (Lipinski definition) is 3. The second-order valence-electron chi connectivity index (χ2n) is 7.00. The molecule has 2 amide bonds. The number of hydrogen-bond donors (Lipinski definition) is 1. The molecule has 2 heterocycles. The Morgan fingerprint density at radius 3 is 2.52 bits per heavy atom. The van der Waals surface area contributed by atoms with Gasteiger partial charge in [0.25, 0.3) is 0 Å². The van der Waals surface area contributed by atoms with Gasteiger partial charge in [0.2, 0.25) is 11.8 Å². The highest BCUT2D eigenvalue weighted by Gasteiger charge is 2.44. The lowest BCUT2D eigenvalue weighted by molar-refractivity contribution is -0.154. The lowest BCUT2D eigenvalue weighted by Gasteiger charge is -2.46. The van der Waals surface area contributed by atoms with Crippen molar-refractivity contribution in [2.45, 2.75) is 39.4 Å². The quantitative estimate of drug-likeness (QED) is 0.911. The summed E-state index contributed by atoms with van der Waals surface area (Å²) in [6.45, 7) is 8.88. The molecule has 2 saturated heterocycles. The normalized spacial score (nSPS) is 25.5. The molecule has 2 aliphatic heterocycles. The van der Waals surface area contributed by atoms with Gasteiger partial charge >= 0.3 is 0 Å². The van der Waals surface area contributed by atoms with Crippen LogP contribution in [0, 0.1) is 12.8 Å². The van der Waals surface area contributed by atoms with Gasteiger partial charge in [0.05, 0.1) is 0 Å². The third-order valence-corrected chi connectivity index (χ3v) is 4.81. The molecule has 5 heteroatoms. The van der Waals surface area contributed by atoms with Crippen LogP contribution in [0.3, 0.4) is 0 Å². The van der Waals surface area contributed by atoms with Crippen LogP contribution in [0.25, 0.3) is 0 Å². The number of aryl methyl sites for hydroxylation is 1. The molecule has 0 unspecified atom stereocenters. The number of nitrogens with zero attached hydrogens (tertiary/aromatic N) is 2. The smallest absolute Gasteiger partial charge is 0.246 e. The Kier molecular flexibility index (Phi) is 4.39. The lowest BCUT2D eigenvalue weighted by atomic mass is 9.96. The number of nitrogens with one attached hydrogen (secondary N) is 1. The van der Waals surface area contributed by atoms with Gasteiger partial charge in [-0.1, -0.05) is 43.7 Å². The van der Waals surface area contributed by atoms with Gasteiger partial charge in [-0.2, -0.15) is 0 Å². The van der Waals surface area contributed by atoms with Crippen molar-refractivity contribution >= 4 is 11.8 Å². The van der Waals surface area contributed by atoms with Crippen LogP contribution < -0.4 is 5.32 Å². The Morgan fingerprint density at radius 2 is 1.87 bits per heavy atom. The molecule has 0 aliphatic carbocycles. The summed E-state index contributed by atoms with van der Waals surface area (Å²) in [5.41, 5.74) is 2.49. The molecule has 0 spiro atoms.